The van der Waals surface area contributed by atoms with Crippen LogP contribution in [-0.4, -0.2) is 10.8 Å². The molecule has 0 bridgehead atoms. The summed E-state index contributed by atoms with van der Waals surface area (Å²) in [7, 11) is 0. The van der Waals surface area contributed by atoms with Crippen molar-refractivity contribution in [1.82, 2.24) is 0 Å². The number of nitrogens with one attached hydrogen (secondary N) is 1. The Morgan fingerprint density at radius 3 is 1.81 bits per heavy atom. The van der Waals surface area contributed by atoms with Crippen LogP contribution in [0.2, 0.25) is 0 Å². The summed E-state index contributed by atoms with van der Waals surface area (Å²) in [5.41, 5.74) is 5.07. The molecular formula is C26H26N2O3. The highest BCUT2D eigenvalue weighted by Crippen LogP contribution is 2.59. The van der Waals surface area contributed by atoms with Gasteiger partial charge < -0.3 is 5.32 Å². The highest BCUT2D eigenvalue weighted by Gasteiger charge is 2.60. The van der Waals surface area contributed by atoms with E-state index < -0.39 is 4.92 Å². The fraction of sp³-hybridized carbons (Fsp3) is 0.269. The summed E-state index contributed by atoms with van der Waals surface area (Å²) >= 11 is 0. The van der Waals surface area contributed by atoms with Crippen LogP contribution in [0.5, 0.6) is 0 Å². The summed E-state index contributed by atoms with van der Waals surface area (Å²) in [6, 6.07) is 23.1. The first-order valence-electron chi connectivity index (χ1n) is 10.7. The number of hydrogen-bond acceptors (Lipinski definition) is 3. The average Bonchev–Trinajstić information content (AvgIpc) is 3.57. The molecule has 3 aromatic carbocycles. The van der Waals surface area contributed by atoms with Gasteiger partial charge in [-0.15, -0.1) is 0 Å². The van der Waals surface area contributed by atoms with Gasteiger partial charge in [-0.05, 0) is 53.6 Å². The van der Waals surface area contributed by atoms with E-state index in [-0.39, 0.29) is 22.9 Å². The second kappa shape index (κ2) is 8.34. The molecule has 158 valence electrons. The summed E-state index contributed by atoms with van der Waals surface area (Å²) in [6.45, 7) is 4.26. The van der Waals surface area contributed by atoms with Crippen molar-refractivity contribution in [3.63, 3.8) is 0 Å². The van der Waals surface area contributed by atoms with Crippen LogP contribution in [0.15, 0.2) is 72.8 Å². The van der Waals surface area contributed by atoms with Gasteiger partial charge in [0.2, 0.25) is 5.91 Å². The van der Waals surface area contributed by atoms with Crippen molar-refractivity contribution in [3.8, 4) is 0 Å². The fourth-order valence-electron chi connectivity index (χ4n) is 4.36. The molecule has 5 heteroatoms. The van der Waals surface area contributed by atoms with Gasteiger partial charge >= 0.3 is 0 Å². The molecule has 31 heavy (non-hydrogen) atoms. The van der Waals surface area contributed by atoms with Crippen molar-refractivity contribution in [3.05, 3.63) is 105 Å². The number of nitrogens with zero attached hydrogens (tertiary/aromatic N) is 1. The van der Waals surface area contributed by atoms with Crippen LogP contribution >= 0.6 is 0 Å². The van der Waals surface area contributed by atoms with Crippen molar-refractivity contribution < 1.29 is 9.72 Å². The van der Waals surface area contributed by atoms with Crippen molar-refractivity contribution >= 4 is 17.3 Å². The van der Waals surface area contributed by atoms with E-state index in [0.29, 0.717) is 5.69 Å². The molecule has 1 saturated carbocycles. The van der Waals surface area contributed by atoms with Gasteiger partial charge in [0.25, 0.3) is 5.69 Å². The third-order valence-corrected chi connectivity index (χ3v) is 6.38. The number of aryl methyl sites for hydroxylation is 2. The van der Waals surface area contributed by atoms with E-state index in [4.69, 9.17) is 0 Å². The molecule has 0 radical (unpaired) electrons. The Morgan fingerprint density at radius 1 is 0.903 bits per heavy atom. The number of anilines is 1. The standard InChI is InChI=1S/C26H26N2O3/c1-3-18-5-9-20(10-6-18)26(21-11-7-19(4-2)8-12-21)17-24(26)25(29)27-22-13-15-23(16-14-22)28(30)31/h5-16,24H,3-4,17H2,1-2H3,(H,27,29). The van der Waals surface area contributed by atoms with Crippen LogP contribution in [0.4, 0.5) is 11.4 Å². The largest absolute Gasteiger partial charge is 0.326 e. The average molecular weight is 415 g/mol. The maximum absolute atomic E-state index is 13.2. The number of nitro benzene ring substituents is 1. The van der Waals surface area contributed by atoms with E-state index in [9.17, 15) is 14.9 Å². The molecule has 1 N–H and O–H groups in total. The molecule has 1 unspecified atom stereocenters. The Balaban J connectivity index is 1.62. The molecule has 0 aromatic heterocycles. The summed E-state index contributed by atoms with van der Waals surface area (Å²) < 4.78 is 0. The number of nitro groups is 1. The van der Waals surface area contributed by atoms with E-state index in [2.05, 4.69) is 67.7 Å². The number of amides is 1. The SMILES string of the molecule is CCc1ccc(C2(c3ccc(CC)cc3)CC2C(=O)Nc2ccc([N+](=O)[O-])cc2)cc1. The zero-order chi connectivity index (χ0) is 22.0. The van der Waals surface area contributed by atoms with Gasteiger partial charge in [-0.2, -0.15) is 0 Å². The van der Waals surface area contributed by atoms with Crippen LogP contribution in [0.3, 0.4) is 0 Å². The van der Waals surface area contributed by atoms with Gasteiger partial charge in [-0.3, -0.25) is 14.9 Å². The first kappa shape index (κ1) is 20.8. The van der Waals surface area contributed by atoms with Crippen LogP contribution in [0, 0.1) is 16.0 Å². The Hall–Kier alpha value is -3.47. The molecule has 0 aliphatic heterocycles. The minimum Gasteiger partial charge on any atom is -0.326 e. The Kier molecular flexibility index (Phi) is 5.59. The summed E-state index contributed by atoms with van der Waals surface area (Å²) in [5.74, 6) is -0.254. The van der Waals surface area contributed by atoms with E-state index in [0.717, 1.165) is 30.4 Å². The van der Waals surface area contributed by atoms with E-state index in [1.54, 1.807) is 12.1 Å². The van der Waals surface area contributed by atoms with E-state index >= 15 is 0 Å². The van der Waals surface area contributed by atoms with Gasteiger partial charge in [-0.1, -0.05) is 62.4 Å². The quantitative estimate of drug-likeness (QED) is 0.400. The molecule has 1 atom stereocenters. The highest BCUT2D eigenvalue weighted by atomic mass is 16.6. The monoisotopic (exact) mass is 414 g/mol. The molecule has 4 rings (SSSR count). The Bertz CT molecular complexity index is 1040. The lowest BCUT2D eigenvalue weighted by atomic mass is 9.84. The Labute approximate surface area is 182 Å². The van der Waals surface area contributed by atoms with Crippen LogP contribution < -0.4 is 5.32 Å². The first-order valence-corrected chi connectivity index (χ1v) is 10.7. The summed E-state index contributed by atoms with van der Waals surface area (Å²) in [5, 5.41) is 13.8. The third kappa shape index (κ3) is 3.96. The molecule has 1 aliphatic carbocycles. The van der Waals surface area contributed by atoms with E-state index in [1.807, 2.05) is 0 Å². The van der Waals surface area contributed by atoms with Gasteiger partial charge in [-0.25, -0.2) is 0 Å². The predicted molar refractivity (Wildman–Crippen MR) is 122 cm³/mol. The molecule has 0 spiro atoms. The maximum Gasteiger partial charge on any atom is 0.269 e. The van der Waals surface area contributed by atoms with Crippen molar-refractivity contribution in [2.24, 2.45) is 5.92 Å². The fourth-order valence-corrected chi connectivity index (χ4v) is 4.36. The van der Waals surface area contributed by atoms with Gasteiger partial charge in [0.1, 0.15) is 0 Å². The lowest BCUT2D eigenvalue weighted by Gasteiger charge is -2.20. The molecular weight excluding hydrogens is 388 g/mol. The summed E-state index contributed by atoms with van der Waals surface area (Å²) in [4.78, 5) is 23.6. The topological polar surface area (TPSA) is 72.2 Å². The van der Waals surface area contributed by atoms with Crippen molar-refractivity contribution in [2.75, 3.05) is 5.32 Å². The number of non-ortho nitro benzene ring substituents is 1. The molecule has 0 heterocycles. The van der Waals surface area contributed by atoms with Crippen molar-refractivity contribution in [1.29, 1.82) is 0 Å². The normalized spacial score (nSPS) is 16.5. The van der Waals surface area contributed by atoms with Gasteiger partial charge in [0.15, 0.2) is 0 Å². The van der Waals surface area contributed by atoms with Crippen LogP contribution in [0.25, 0.3) is 0 Å². The number of rotatable bonds is 7. The number of hydrogen-bond donors (Lipinski definition) is 1. The third-order valence-electron chi connectivity index (χ3n) is 6.38. The molecule has 1 amide bonds. The summed E-state index contributed by atoms with van der Waals surface area (Å²) in [6.07, 6.45) is 2.69. The minimum atomic E-state index is -0.447. The van der Waals surface area contributed by atoms with E-state index in [1.165, 1.54) is 23.3 Å². The highest BCUT2D eigenvalue weighted by molar-refractivity contribution is 5.97. The van der Waals surface area contributed by atoms with Crippen LogP contribution in [-0.2, 0) is 23.1 Å². The first-order chi connectivity index (χ1) is 15.0. The zero-order valence-electron chi connectivity index (χ0n) is 17.8. The Morgan fingerprint density at radius 2 is 1.39 bits per heavy atom. The lowest BCUT2D eigenvalue weighted by molar-refractivity contribution is -0.384. The van der Waals surface area contributed by atoms with Crippen LogP contribution in [0.1, 0.15) is 42.5 Å². The molecule has 1 fully saturated rings. The minimum absolute atomic E-state index is 0.00537. The predicted octanol–water partition coefficient (Wildman–Crippen LogP) is 5.66. The molecule has 3 aromatic rings. The smallest absolute Gasteiger partial charge is 0.269 e. The van der Waals surface area contributed by atoms with Crippen molar-refractivity contribution in [2.45, 2.75) is 38.5 Å². The number of carbonyl (C=O) groups excluding carboxylic acids is 1. The maximum atomic E-state index is 13.2. The molecule has 1 aliphatic rings. The second-order valence-electron chi connectivity index (χ2n) is 8.12. The second-order valence-corrected chi connectivity index (χ2v) is 8.12. The zero-order valence-corrected chi connectivity index (χ0v) is 17.8. The molecule has 0 saturated heterocycles. The number of carbonyl (C=O) groups is 1. The lowest BCUT2D eigenvalue weighted by Crippen LogP contribution is -2.22. The van der Waals surface area contributed by atoms with Gasteiger partial charge in [0, 0.05) is 23.2 Å². The number of benzene rings is 3. The van der Waals surface area contributed by atoms with Gasteiger partial charge in [0.05, 0.1) is 10.8 Å². The molecule has 5 nitrogen and oxygen atoms in total.